The molecule has 29 heavy (non-hydrogen) atoms. The molecule has 3 aromatic rings. The van der Waals surface area contributed by atoms with Crippen LogP contribution in [0.3, 0.4) is 0 Å². The summed E-state index contributed by atoms with van der Waals surface area (Å²) >= 11 is 1.74. The van der Waals surface area contributed by atoms with Gasteiger partial charge in [0.1, 0.15) is 11.5 Å². The smallest absolute Gasteiger partial charge is 0.194 e. The fourth-order valence-corrected chi connectivity index (χ4v) is 4.04. The van der Waals surface area contributed by atoms with Gasteiger partial charge in [-0.3, -0.25) is 4.90 Å². The molecule has 0 radical (unpaired) electrons. The molecular weight excluding hydrogens is 386 g/mol. The van der Waals surface area contributed by atoms with Crippen molar-refractivity contribution in [2.75, 3.05) is 32.7 Å². The first-order chi connectivity index (χ1) is 14.3. The number of nitrogens with zero attached hydrogens (tertiary/aromatic N) is 4. The number of piperazine rings is 1. The van der Waals surface area contributed by atoms with Crippen LogP contribution in [-0.2, 0) is 19.5 Å². The van der Waals surface area contributed by atoms with Gasteiger partial charge in [-0.1, -0.05) is 11.2 Å². The minimum Gasteiger partial charge on any atom is -0.469 e. The normalized spacial score (nSPS) is 15.8. The van der Waals surface area contributed by atoms with Crippen LogP contribution >= 0.6 is 11.3 Å². The maximum absolute atomic E-state index is 5.44. The summed E-state index contributed by atoms with van der Waals surface area (Å²) < 4.78 is 10.6. The molecule has 1 N–H and O–H groups in total. The maximum atomic E-state index is 5.44. The van der Waals surface area contributed by atoms with Crippen molar-refractivity contribution in [3.8, 4) is 0 Å². The van der Waals surface area contributed by atoms with Crippen molar-refractivity contribution in [2.45, 2.75) is 26.4 Å². The molecule has 1 saturated heterocycles. The quantitative estimate of drug-likeness (QED) is 0.474. The summed E-state index contributed by atoms with van der Waals surface area (Å²) in [6.45, 7) is 8.10. The van der Waals surface area contributed by atoms with Gasteiger partial charge in [0.05, 0.1) is 18.5 Å². The molecule has 1 fully saturated rings. The van der Waals surface area contributed by atoms with Crippen molar-refractivity contribution < 1.29 is 8.94 Å². The summed E-state index contributed by atoms with van der Waals surface area (Å²) in [4.78, 5) is 10.9. The molecule has 0 spiro atoms. The highest BCUT2D eigenvalue weighted by Gasteiger charge is 2.20. The standard InChI is InChI=1S/C21H27N5O2S/c1-17-14-18(24-28-17)16-25-8-10-26(11-9-25)21(23-15-20-5-3-13-29-20)22-7-6-19-4-2-12-27-19/h2-5,12-14H,6-11,15-16H2,1H3,(H,22,23). The molecule has 1 aliphatic rings. The van der Waals surface area contributed by atoms with Gasteiger partial charge >= 0.3 is 0 Å². The van der Waals surface area contributed by atoms with Gasteiger partial charge in [-0.2, -0.15) is 0 Å². The van der Waals surface area contributed by atoms with Crippen LogP contribution in [0.5, 0.6) is 0 Å². The highest BCUT2D eigenvalue weighted by molar-refractivity contribution is 7.09. The van der Waals surface area contributed by atoms with Crippen LogP contribution in [0.15, 0.2) is 55.9 Å². The van der Waals surface area contributed by atoms with E-state index in [9.17, 15) is 0 Å². The molecule has 4 heterocycles. The fourth-order valence-electron chi connectivity index (χ4n) is 3.41. The summed E-state index contributed by atoms with van der Waals surface area (Å²) in [7, 11) is 0. The first kappa shape index (κ1) is 19.7. The van der Waals surface area contributed by atoms with E-state index in [0.29, 0.717) is 6.54 Å². The van der Waals surface area contributed by atoms with E-state index in [0.717, 1.165) is 68.9 Å². The summed E-state index contributed by atoms with van der Waals surface area (Å²) in [5.74, 6) is 2.83. The molecule has 8 heteroatoms. The van der Waals surface area contributed by atoms with Crippen LogP contribution in [-0.4, -0.2) is 53.6 Å². The van der Waals surface area contributed by atoms with E-state index in [2.05, 4.69) is 37.8 Å². The van der Waals surface area contributed by atoms with Crippen molar-refractivity contribution >= 4 is 17.3 Å². The van der Waals surface area contributed by atoms with Crippen LogP contribution in [0.4, 0.5) is 0 Å². The number of rotatable bonds is 7. The van der Waals surface area contributed by atoms with Crippen LogP contribution in [0.2, 0.25) is 0 Å². The molecule has 3 aromatic heterocycles. The molecule has 0 aliphatic carbocycles. The topological polar surface area (TPSA) is 70.0 Å². The van der Waals surface area contributed by atoms with E-state index in [1.54, 1.807) is 17.6 Å². The second-order valence-corrected chi connectivity index (χ2v) is 8.20. The molecule has 154 valence electrons. The average Bonchev–Trinajstić information content (AvgIpc) is 3.49. The third-order valence-corrected chi connectivity index (χ3v) is 5.79. The Hall–Kier alpha value is -2.58. The Kier molecular flexibility index (Phi) is 6.63. The van der Waals surface area contributed by atoms with Crippen LogP contribution in [0.1, 0.15) is 22.1 Å². The molecule has 4 rings (SSSR count). The number of aromatic nitrogens is 1. The third kappa shape index (κ3) is 5.71. The highest BCUT2D eigenvalue weighted by Crippen LogP contribution is 2.12. The van der Waals surface area contributed by atoms with E-state index < -0.39 is 0 Å². The zero-order valence-corrected chi connectivity index (χ0v) is 17.5. The lowest BCUT2D eigenvalue weighted by Crippen LogP contribution is -2.52. The summed E-state index contributed by atoms with van der Waals surface area (Å²) in [6, 6.07) is 10.2. The zero-order valence-electron chi connectivity index (χ0n) is 16.7. The Morgan fingerprint density at radius 3 is 2.83 bits per heavy atom. The number of thiophene rings is 1. The van der Waals surface area contributed by atoms with Gasteiger partial charge in [0.25, 0.3) is 0 Å². The lowest BCUT2D eigenvalue weighted by atomic mass is 10.3. The Morgan fingerprint density at radius 2 is 2.14 bits per heavy atom. The van der Waals surface area contributed by atoms with Gasteiger partial charge in [-0.05, 0) is 30.5 Å². The average molecular weight is 414 g/mol. The van der Waals surface area contributed by atoms with E-state index in [4.69, 9.17) is 13.9 Å². The van der Waals surface area contributed by atoms with E-state index in [1.165, 1.54) is 4.88 Å². The van der Waals surface area contributed by atoms with E-state index >= 15 is 0 Å². The summed E-state index contributed by atoms with van der Waals surface area (Å²) in [5.41, 5.74) is 0.999. The van der Waals surface area contributed by atoms with Crippen LogP contribution in [0, 0.1) is 6.92 Å². The fraction of sp³-hybridized carbons (Fsp3) is 0.429. The van der Waals surface area contributed by atoms with Gasteiger partial charge in [0, 0.05) is 56.6 Å². The third-order valence-electron chi connectivity index (χ3n) is 4.93. The van der Waals surface area contributed by atoms with Crippen molar-refractivity contribution in [3.05, 3.63) is 64.1 Å². The molecule has 0 bridgehead atoms. The predicted octanol–water partition coefficient (Wildman–Crippen LogP) is 3.14. The molecule has 0 aromatic carbocycles. The Balaban J connectivity index is 1.33. The Morgan fingerprint density at radius 1 is 1.24 bits per heavy atom. The molecule has 0 atom stereocenters. The largest absolute Gasteiger partial charge is 0.469 e. The number of hydrogen-bond acceptors (Lipinski definition) is 6. The molecule has 0 amide bonds. The second-order valence-electron chi connectivity index (χ2n) is 7.17. The van der Waals surface area contributed by atoms with E-state index in [1.807, 2.05) is 25.1 Å². The van der Waals surface area contributed by atoms with Gasteiger partial charge < -0.3 is 19.2 Å². The lowest BCUT2D eigenvalue weighted by Gasteiger charge is -2.36. The maximum Gasteiger partial charge on any atom is 0.194 e. The Labute approximate surface area is 175 Å². The highest BCUT2D eigenvalue weighted by atomic mass is 32.1. The number of furan rings is 1. The first-order valence-electron chi connectivity index (χ1n) is 9.99. The number of guanidine groups is 1. The molecule has 7 nitrogen and oxygen atoms in total. The zero-order chi connectivity index (χ0) is 19.9. The SMILES string of the molecule is Cc1cc(CN2CCN(C(=NCc3cccs3)NCCc3ccco3)CC2)no1. The minimum absolute atomic E-state index is 0.708. The van der Waals surface area contributed by atoms with Crippen molar-refractivity contribution in [3.63, 3.8) is 0 Å². The van der Waals surface area contributed by atoms with Gasteiger partial charge in [0.15, 0.2) is 5.96 Å². The predicted molar refractivity (Wildman–Crippen MR) is 114 cm³/mol. The minimum atomic E-state index is 0.708. The lowest BCUT2D eigenvalue weighted by molar-refractivity contribution is 0.169. The second kappa shape index (κ2) is 9.76. The summed E-state index contributed by atoms with van der Waals surface area (Å²) in [6.07, 6.45) is 2.56. The van der Waals surface area contributed by atoms with E-state index in [-0.39, 0.29) is 0 Å². The van der Waals surface area contributed by atoms with Crippen molar-refractivity contribution in [2.24, 2.45) is 4.99 Å². The molecular formula is C21H27N5O2S. The Bertz CT molecular complexity index is 880. The monoisotopic (exact) mass is 413 g/mol. The van der Waals surface area contributed by atoms with Crippen LogP contribution < -0.4 is 5.32 Å². The number of hydrogen-bond donors (Lipinski definition) is 1. The van der Waals surface area contributed by atoms with Crippen LogP contribution in [0.25, 0.3) is 0 Å². The van der Waals surface area contributed by atoms with Crippen molar-refractivity contribution in [1.29, 1.82) is 0 Å². The first-order valence-corrected chi connectivity index (χ1v) is 10.9. The van der Waals surface area contributed by atoms with Gasteiger partial charge in [0.2, 0.25) is 0 Å². The number of aliphatic imine (C=N–C) groups is 1. The molecule has 1 aliphatic heterocycles. The molecule has 0 saturated carbocycles. The molecule has 0 unspecified atom stereocenters. The number of nitrogens with one attached hydrogen (secondary N) is 1. The van der Waals surface area contributed by atoms with Gasteiger partial charge in [-0.15, -0.1) is 11.3 Å². The van der Waals surface area contributed by atoms with Crippen molar-refractivity contribution in [1.82, 2.24) is 20.3 Å². The number of aryl methyl sites for hydroxylation is 1. The van der Waals surface area contributed by atoms with Gasteiger partial charge in [-0.25, -0.2) is 4.99 Å². The summed E-state index contributed by atoms with van der Waals surface area (Å²) in [5, 5.41) is 9.74.